The molecule has 0 amide bonds. The molecule has 0 radical (unpaired) electrons. The lowest BCUT2D eigenvalue weighted by Crippen LogP contribution is -2.04. The quantitative estimate of drug-likeness (QED) is 0.769. The summed E-state index contributed by atoms with van der Waals surface area (Å²) in [6.07, 6.45) is 6.92. The molecule has 3 aromatic rings. The van der Waals surface area contributed by atoms with Crippen LogP contribution in [0.5, 0.6) is 0 Å². The second-order valence-electron chi connectivity index (χ2n) is 6.66. The van der Waals surface area contributed by atoms with Gasteiger partial charge in [-0.2, -0.15) is 0 Å². The zero-order valence-electron chi connectivity index (χ0n) is 14.2. The van der Waals surface area contributed by atoms with Gasteiger partial charge in [0.25, 0.3) is 0 Å². The summed E-state index contributed by atoms with van der Waals surface area (Å²) >= 11 is 0. The van der Waals surface area contributed by atoms with E-state index in [9.17, 15) is 0 Å². The number of rotatable bonds is 5. The highest BCUT2D eigenvalue weighted by Gasteiger charge is 2.13. The summed E-state index contributed by atoms with van der Waals surface area (Å²) in [7, 11) is 0. The van der Waals surface area contributed by atoms with Gasteiger partial charge in [0.1, 0.15) is 0 Å². The number of pyridine rings is 1. The van der Waals surface area contributed by atoms with Crippen molar-refractivity contribution in [3.8, 4) is 11.1 Å². The summed E-state index contributed by atoms with van der Waals surface area (Å²) < 4.78 is 2.39. The Balaban J connectivity index is 2.21. The molecule has 0 aliphatic rings. The largest absolute Gasteiger partial charge is 0.347 e. The number of nitrogens with two attached hydrogens (primary N) is 1. The highest BCUT2D eigenvalue weighted by atomic mass is 15.0. The van der Waals surface area contributed by atoms with Crippen molar-refractivity contribution in [2.75, 3.05) is 6.54 Å². The molecule has 0 atom stereocenters. The van der Waals surface area contributed by atoms with Crippen LogP contribution in [-0.4, -0.2) is 16.1 Å². The van der Waals surface area contributed by atoms with Gasteiger partial charge in [-0.25, -0.2) is 0 Å². The Labute approximate surface area is 138 Å². The first kappa shape index (κ1) is 15.8. The Hall–Kier alpha value is -2.13. The van der Waals surface area contributed by atoms with Crippen LogP contribution in [0.2, 0.25) is 0 Å². The van der Waals surface area contributed by atoms with Gasteiger partial charge < -0.3 is 10.3 Å². The van der Waals surface area contributed by atoms with E-state index in [4.69, 9.17) is 5.73 Å². The maximum Gasteiger partial charge on any atom is 0.0492 e. The molecule has 0 aliphatic heterocycles. The maximum atomic E-state index is 5.82. The first-order chi connectivity index (χ1) is 11.1. The molecule has 1 aromatic carbocycles. The third kappa shape index (κ3) is 3.15. The third-order valence-electron chi connectivity index (χ3n) is 4.25. The number of benzene rings is 1. The molecule has 0 fully saturated rings. The second-order valence-corrected chi connectivity index (χ2v) is 6.66. The number of hydrogen-bond donors (Lipinski definition) is 1. The van der Waals surface area contributed by atoms with Gasteiger partial charge in [-0.1, -0.05) is 19.9 Å². The summed E-state index contributed by atoms with van der Waals surface area (Å²) in [6, 6.07) is 8.71. The van der Waals surface area contributed by atoms with Gasteiger partial charge in [0.05, 0.1) is 0 Å². The van der Waals surface area contributed by atoms with Gasteiger partial charge in [0, 0.05) is 36.0 Å². The minimum atomic E-state index is 0.612. The summed E-state index contributed by atoms with van der Waals surface area (Å²) in [6.45, 7) is 8.43. The van der Waals surface area contributed by atoms with Crippen LogP contribution in [0.1, 0.15) is 25.0 Å². The first-order valence-electron chi connectivity index (χ1n) is 8.33. The van der Waals surface area contributed by atoms with Gasteiger partial charge in [-0.15, -0.1) is 0 Å². The Morgan fingerprint density at radius 1 is 1.13 bits per heavy atom. The van der Waals surface area contributed by atoms with Crippen LogP contribution in [0, 0.1) is 12.8 Å². The molecule has 120 valence electrons. The zero-order chi connectivity index (χ0) is 16.4. The molecule has 0 aliphatic carbocycles. The third-order valence-corrected chi connectivity index (χ3v) is 4.25. The molecule has 0 spiro atoms. The molecule has 23 heavy (non-hydrogen) atoms. The van der Waals surface area contributed by atoms with Crippen LogP contribution in [0.4, 0.5) is 0 Å². The SMILES string of the molecule is Cc1cc(-c2ccncc2)cc2c1c(CCN)cn2CC(C)C. The lowest BCUT2D eigenvalue weighted by molar-refractivity contribution is 0.534. The Morgan fingerprint density at radius 2 is 1.87 bits per heavy atom. The van der Waals surface area contributed by atoms with Crippen molar-refractivity contribution < 1.29 is 0 Å². The molecular formula is C20H25N3. The molecule has 0 saturated carbocycles. The number of aryl methyl sites for hydroxylation is 1. The number of hydrogen-bond acceptors (Lipinski definition) is 2. The number of fused-ring (bicyclic) bond motifs is 1. The minimum absolute atomic E-state index is 0.612. The van der Waals surface area contributed by atoms with E-state index in [1.807, 2.05) is 12.4 Å². The summed E-state index contributed by atoms with van der Waals surface area (Å²) in [4.78, 5) is 4.12. The fourth-order valence-electron chi connectivity index (χ4n) is 3.34. The molecule has 0 saturated heterocycles. The minimum Gasteiger partial charge on any atom is -0.347 e. The summed E-state index contributed by atoms with van der Waals surface area (Å²) in [5.74, 6) is 0.612. The first-order valence-corrected chi connectivity index (χ1v) is 8.33. The summed E-state index contributed by atoms with van der Waals surface area (Å²) in [5.41, 5.74) is 12.3. The van der Waals surface area contributed by atoms with Gasteiger partial charge in [-0.3, -0.25) is 4.98 Å². The molecule has 3 heteroatoms. The van der Waals surface area contributed by atoms with Gasteiger partial charge in [0.15, 0.2) is 0 Å². The predicted molar refractivity (Wildman–Crippen MR) is 97.5 cm³/mol. The number of aromatic nitrogens is 2. The molecule has 2 aromatic heterocycles. The van der Waals surface area contributed by atoms with E-state index >= 15 is 0 Å². The van der Waals surface area contributed by atoms with Crippen LogP contribution in [-0.2, 0) is 13.0 Å². The lowest BCUT2D eigenvalue weighted by atomic mass is 9.99. The van der Waals surface area contributed by atoms with Crippen molar-refractivity contribution in [3.05, 3.63) is 54.0 Å². The monoisotopic (exact) mass is 307 g/mol. The smallest absolute Gasteiger partial charge is 0.0492 e. The topological polar surface area (TPSA) is 43.8 Å². The lowest BCUT2D eigenvalue weighted by Gasteiger charge is -2.11. The standard InChI is InChI=1S/C20H25N3/c1-14(2)12-23-13-17(4-7-21)20-15(3)10-18(11-19(20)23)16-5-8-22-9-6-16/h5-6,8-11,13-14H,4,7,12,21H2,1-3H3. The van der Waals surface area contributed by atoms with E-state index in [0.717, 1.165) is 13.0 Å². The van der Waals surface area contributed by atoms with Crippen molar-refractivity contribution in [2.45, 2.75) is 33.7 Å². The zero-order valence-corrected chi connectivity index (χ0v) is 14.2. The molecule has 2 heterocycles. The van der Waals surface area contributed by atoms with Crippen molar-refractivity contribution in [1.82, 2.24) is 9.55 Å². The van der Waals surface area contributed by atoms with E-state index in [0.29, 0.717) is 12.5 Å². The van der Waals surface area contributed by atoms with E-state index in [1.54, 1.807) is 0 Å². The number of nitrogens with zero attached hydrogens (tertiary/aromatic N) is 2. The van der Waals surface area contributed by atoms with Crippen LogP contribution in [0.25, 0.3) is 22.0 Å². The molecule has 2 N–H and O–H groups in total. The molecule has 0 bridgehead atoms. The van der Waals surface area contributed by atoms with Crippen molar-refractivity contribution >= 4 is 10.9 Å². The highest BCUT2D eigenvalue weighted by molar-refractivity contribution is 5.91. The average molecular weight is 307 g/mol. The highest BCUT2D eigenvalue weighted by Crippen LogP contribution is 2.31. The molecule has 3 rings (SSSR count). The summed E-state index contributed by atoms with van der Waals surface area (Å²) in [5, 5.41) is 1.37. The van der Waals surface area contributed by atoms with Crippen molar-refractivity contribution in [3.63, 3.8) is 0 Å². The van der Waals surface area contributed by atoms with Gasteiger partial charge >= 0.3 is 0 Å². The maximum absolute atomic E-state index is 5.82. The average Bonchev–Trinajstić information content (AvgIpc) is 2.86. The normalized spacial score (nSPS) is 11.5. The fraction of sp³-hybridized carbons (Fsp3) is 0.350. The van der Waals surface area contributed by atoms with Crippen LogP contribution < -0.4 is 5.73 Å². The molecular weight excluding hydrogens is 282 g/mol. The predicted octanol–water partition coefficient (Wildman–Crippen LogP) is 4.17. The van der Waals surface area contributed by atoms with Crippen molar-refractivity contribution in [2.24, 2.45) is 11.7 Å². The van der Waals surface area contributed by atoms with Crippen LogP contribution in [0.3, 0.4) is 0 Å². The van der Waals surface area contributed by atoms with Crippen molar-refractivity contribution in [1.29, 1.82) is 0 Å². The van der Waals surface area contributed by atoms with E-state index in [1.165, 1.54) is 33.2 Å². The Morgan fingerprint density at radius 3 is 2.52 bits per heavy atom. The van der Waals surface area contributed by atoms with E-state index in [-0.39, 0.29) is 0 Å². The molecule has 0 unspecified atom stereocenters. The fourth-order valence-corrected chi connectivity index (χ4v) is 3.34. The van der Waals surface area contributed by atoms with Gasteiger partial charge in [0.2, 0.25) is 0 Å². The van der Waals surface area contributed by atoms with E-state index in [2.05, 4.69) is 60.8 Å². The van der Waals surface area contributed by atoms with Crippen LogP contribution >= 0.6 is 0 Å². The van der Waals surface area contributed by atoms with Crippen LogP contribution in [0.15, 0.2) is 42.9 Å². The van der Waals surface area contributed by atoms with Gasteiger partial charge in [-0.05, 0) is 66.3 Å². The Kier molecular flexibility index (Phi) is 4.49. The second kappa shape index (κ2) is 6.55. The molecule has 3 nitrogen and oxygen atoms in total. The Bertz CT molecular complexity index is 801. The van der Waals surface area contributed by atoms with E-state index < -0.39 is 0 Å².